The van der Waals surface area contributed by atoms with Gasteiger partial charge in [0.25, 0.3) is 5.56 Å². The molecule has 0 unspecified atom stereocenters. The van der Waals surface area contributed by atoms with Crippen molar-refractivity contribution in [2.45, 2.75) is 29.5 Å². The van der Waals surface area contributed by atoms with Gasteiger partial charge < -0.3 is 4.90 Å². The van der Waals surface area contributed by atoms with Crippen LogP contribution in [0.2, 0.25) is 5.02 Å². The molecule has 0 N–H and O–H groups in total. The van der Waals surface area contributed by atoms with Crippen LogP contribution in [0.4, 0.5) is 0 Å². The molecular weight excluding hydrogens is 426 g/mol. The van der Waals surface area contributed by atoms with Gasteiger partial charge in [0.05, 0.1) is 27.4 Å². The first-order chi connectivity index (χ1) is 14.4. The summed E-state index contributed by atoms with van der Waals surface area (Å²) in [6.07, 6.45) is 1.93. The summed E-state index contributed by atoms with van der Waals surface area (Å²) in [5.41, 5.74) is 0.415. The third-order valence-corrected chi connectivity index (χ3v) is 7.82. The van der Waals surface area contributed by atoms with E-state index in [1.165, 1.54) is 23.0 Å². The molecule has 2 aromatic carbocycles. The highest BCUT2D eigenvalue weighted by Crippen LogP contribution is 2.25. The van der Waals surface area contributed by atoms with Crippen LogP contribution in [0.15, 0.2) is 64.5 Å². The highest BCUT2D eigenvalue weighted by atomic mass is 35.5. The van der Waals surface area contributed by atoms with Crippen molar-refractivity contribution in [3.8, 4) is 0 Å². The van der Waals surface area contributed by atoms with Gasteiger partial charge >= 0.3 is 0 Å². The zero-order valence-corrected chi connectivity index (χ0v) is 17.6. The van der Waals surface area contributed by atoms with Gasteiger partial charge in [-0.3, -0.25) is 14.2 Å². The fraction of sp³-hybridized carbons (Fsp3) is 0.286. The van der Waals surface area contributed by atoms with Crippen LogP contribution in [0, 0.1) is 0 Å². The number of carbonyl (C=O) groups excluding carboxylic acids is 1. The first-order valence-electron chi connectivity index (χ1n) is 9.58. The Kier molecular flexibility index (Phi) is 5.62. The van der Waals surface area contributed by atoms with Gasteiger partial charge in [0.15, 0.2) is 9.84 Å². The van der Waals surface area contributed by atoms with Crippen molar-refractivity contribution in [3.05, 3.63) is 70.2 Å². The molecule has 1 fully saturated rings. The number of nitrogens with zero attached hydrogens (tertiary/aromatic N) is 3. The predicted octanol–water partition coefficient (Wildman–Crippen LogP) is 2.51. The zero-order valence-electron chi connectivity index (χ0n) is 16.1. The van der Waals surface area contributed by atoms with Gasteiger partial charge in [-0.25, -0.2) is 13.4 Å². The molecular formula is C21H20ClN3O4S. The van der Waals surface area contributed by atoms with E-state index in [1.54, 1.807) is 35.2 Å². The van der Waals surface area contributed by atoms with Crippen molar-refractivity contribution in [2.24, 2.45) is 0 Å². The van der Waals surface area contributed by atoms with Gasteiger partial charge in [0.2, 0.25) is 5.91 Å². The van der Waals surface area contributed by atoms with Crippen molar-refractivity contribution < 1.29 is 13.2 Å². The van der Waals surface area contributed by atoms with Crippen LogP contribution in [0.5, 0.6) is 0 Å². The zero-order chi connectivity index (χ0) is 21.3. The molecule has 0 radical (unpaired) electrons. The van der Waals surface area contributed by atoms with Crippen LogP contribution >= 0.6 is 11.6 Å². The SMILES string of the molecule is O=C(CCn1cnc2ccccc2c1=O)N1CC[C@H](S(=O)(=O)c2ccc(Cl)cc2)C1. The minimum Gasteiger partial charge on any atom is -0.341 e. The number of para-hydroxylation sites is 1. The van der Waals surface area contributed by atoms with E-state index in [0.717, 1.165) is 0 Å². The Balaban J connectivity index is 1.41. The quantitative estimate of drug-likeness (QED) is 0.602. The van der Waals surface area contributed by atoms with Crippen molar-refractivity contribution >= 4 is 38.2 Å². The van der Waals surface area contributed by atoms with E-state index >= 15 is 0 Å². The van der Waals surface area contributed by atoms with Gasteiger partial charge in [0.1, 0.15) is 0 Å². The molecule has 0 aliphatic carbocycles. The number of hydrogen-bond donors (Lipinski definition) is 0. The Labute approximate surface area is 178 Å². The summed E-state index contributed by atoms with van der Waals surface area (Å²) in [7, 11) is -3.54. The number of hydrogen-bond acceptors (Lipinski definition) is 5. The summed E-state index contributed by atoms with van der Waals surface area (Å²) >= 11 is 5.84. The third kappa shape index (κ3) is 3.97. The van der Waals surface area contributed by atoms with E-state index in [9.17, 15) is 18.0 Å². The summed E-state index contributed by atoms with van der Waals surface area (Å²) in [4.78, 5) is 31.2. The fourth-order valence-corrected chi connectivity index (χ4v) is 5.48. The summed E-state index contributed by atoms with van der Waals surface area (Å²) in [5.74, 6) is -0.177. The Morgan fingerprint density at radius 3 is 2.63 bits per heavy atom. The topological polar surface area (TPSA) is 89.3 Å². The monoisotopic (exact) mass is 445 g/mol. The van der Waals surface area contributed by atoms with Crippen molar-refractivity contribution in [1.82, 2.24) is 14.5 Å². The molecule has 2 heterocycles. The lowest BCUT2D eigenvalue weighted by Gasteiger charge is -2.17. The average Bonchev–Trinajstić information content (AvgIpc) is 3.25. The van der Waals surface area contributed by atoms with E-state index in [2.05, 4.69) is 4.98 Å². The Morgan fingerprint density at radius 1 is 1.13 bits per heavy atom. The standard InChI is InChI=1S/C21H20ClN3O4S/c22-15-5-7-16(8-6-15)30(28,29)17-9-11-24(13-17)20(26)10-12-25-14-23-19-4-2-1-3-18(19)21(25)27/h1-8,14,17H,9-13H2/t17-/m0/s1. The summed E-state index contributed by atoms with van der Waals surface area (Å²) in [6, 6.07) is 13.1. The molecule has 1 aliphatic heterocycles. The Bertz CT molecular complexity index is 1260. The number of sulfone groups is 1. The van der Waals surface area contributed by atoms with Crippen molar-refractivity contribution in [1.29, 1.82) is 0 Å². The lowest BCUT2D eigenvalue weighted by molar-refractivity contribution is -0.130. The van der Waals surface area contributed by atoms with E-state index < -0.39 is 15.1 Å². The van der Waals surface area contributed by atoms with Crippen LogP contribution in [0.1, 0.15) is 12.8 Å². The van der Waals surface area contributed by atoms with Crippen LogP contribution in [0.25, 0.3) is 10.9 Å². The molecule has 1 aliphatic rings. The predicted molar refractivity (Wildman–Crippen MR) is 114 cm³/mol. The lowest BCUT2D eigenvalue weighted by atomic mass is 10.2. The first-order valence-corrected chi connectivity index (χ1v) is 11.5. The molecule has 1 atom stereocenters. The molecule has 0 bridgehead atoms. The van der Waals surface area contributed by atoms with Crippen molar-refractivity contribution in [2.75, 3.05) is 13.1 Å². The van der Waals surface area contributed by atoms with Crippen LogP contribution < -0.4 is 5.56 Å². The maximum atomic E-state index is 12.8. The minimum absolute atomic E-state index is 0.105. The van der Waals surface area contributed by atoms with Gasteiger partial charge in [-0.2, -0.15) is 0 Å². The van der Waals surface area contributed by atoms with Gasteiger partial charge in [-0.05, 0) is 42.8 Å². The number of benzene rings is 2. The second-order valence-corrected chi connectivity index (χ2v) is 9.92. The van der Waals surface area contributed by atoms with Crippen LogP contribution in [-0.2, 0) is 21.2 Å². The number of aryl methyl sites for hydroxylation is 1. The molecule has 1 amide bonds. The normalized spacial score (nSPS) is 16.8. The molecule has 1 aromatic heterocycles. The molecule has 4 rings (SSSR count). The molecule has 3 aromatic rings. The molecule has 7 nitrogen and oxygen atoms in total. The van der Waals surface area contributed by atoms with Gasteiger partial charge in [-0.15, -0.1) is 0 Å². The average molecular weight is 446 g/mol. The van der Waals surface area contributed by atoms with E-state index in [1.807, 2.05) is 6.07 Å². The molecule has 156 valence electrons. The van der Waals surface area contributed by atoms with E-state index in [4.69, 9.17) is 11.6 Å². The maximum absolute atomic E-state index is 12.8. The highest BCUT2D eigenvalue weighted by molar-refractivity contribution is 7.92. The summed E-state index contributed by atoms with van der Waals surface area (Å²) in [5, 5.41) is 0.325. The van der Waals surface area contributed by atoms with Crippen LogP contribution in [0.3, 0.4) is 0 Å². The summed E-state index contributed by atoms with van der Waals surface area (Å²) in [6.45, 7) is 0.719. The van der Waals surface area contributed by atoms with Gasteiger partial charge in [0, 0.05) is 31.1 Å². The second-order valence-electron chi connectivity index (χ2n) is 7.26. The number of rotatable bonds is 5. The first kappa shape index (κ1) is 20.6. The Morgan fingerprint density at radius 2 is 1.87 bits per heavy atom. The fourth-order valence-electron chi connectivity index (χ4n) is 3.66. The van der Waals surface area contributed by atoms with Crippen LogP contribution in [-0.4, -0.2) is 47.1 Å². The minimum atomic E-state index is -3.54. The largest absolute Gasteiger partial charge is 0.341 e. The molecule has 0 spiro atoms. The van der Waals surface area contributed by atoms with E-state index in [0.29, 0.717) is 28.9 Å². The third-order valence-electron chi connectivity index (χ3n) is 5.38. The molecule has 9 heteroatoms. The maximum Gasteiger partial charge on any atom is 0.261 e. The highest BCUT2D eigenvalue weighted by Gasteiger charge is 2.35. The smallest absolute Gasteiger partial charge is 0.261 e. The number of carbonyl (C=O) groups is 1. The Hall–Kier alpha value is -2.71. The molecule has 30 heavy (non-hydrogen) atoms. The van der Waals surface area contributed by atoms with E-state index in [-0.39, 0.29) is 35.9 Å². The molecule has 1 saturated heterocycles. The number of fused-ring (bicyclic) bond motifs is 1. The lowest BCUT2D eigenvalue weighted by Crippen LogP contribution is -2.33. The van der Waals surface area contributed by atoms with Gasteiger partial charge in [-0.1, -0.05) is 23.7 Å². The number of likely N-dealkylation sites (tertiary alicyclic amines) is 1. The second kappa shape index (κ2) is 8.20. The molecule has 0 saturated carbocycles. The van der Waals surface area contributed by atoms with Crippen molar-refractivity contribution in [3.63, 3.8) is 0 Å². The number of amides is 1. The number of aromatic nitrogens is 2. The summed E-state index contributed by atoms with van der Waals surface area (Å²) < 4.78 is 27.1. The number of halogens is 1.